The number of benzene rings is 7. The van der Waals surface area contributed by atoms with E-state index < -0.39 is 0 Å². The zero-order valence-electron chi connectivity index (χ0n) is 26.4. The third kappa shape index (κ3) is 4.93. The predicted octanol–water partition coefficient (Wildman–Crippen LogP) is 12.8. The highest BCUT2D eigenvalue weighted by Crippen LogP contribution is 2.43. The van der Waals surface area contributed by atoms with Gasteiger partial charge in [-0.3, -0.25) is 0 Å². The van der Waals surface area contributed by atoms with Gasteiger partial charge in [0.15, 0.2) is 0 Å². The minimum absolute atomic E-state index is 0.0806. The zero-order chi connectivity index (χ0) is 31.3. The molecule has 46 heavy (non-hydrogen) atoms. The van der Waals surface area contributed by atoms with E-state index in [0.29, 0.717) is 0 Å². The summed E-state index contributed by atoms with van der Waals surface area (Å²) in [5.41, 5.74) is 8.83. The van der Waals surface area contributed by atoms with Crippen molar-refractivity contribution < 1.29 is 4.42 Å². The molecule has 0 unspecified atom stereocenters. The van der Waals surface area contributed by atoms with Crippen molar-refractivity contribution in [1.29, 1.82) is 0 Å². The van der Waals surface area contributed by atoms with Crippen molar-refractivity contribution in [2.24, 2.45) is 0 Å². The van der Waals surface area contributed by atoms with Crippen LogP contribution in [0.5, 0.6) is 0 Å². The van der Waals surface area contributed by atoms with E-state index in [1.54, 1.807) is 0 Å². The maximum absolute atomic E-state index is 6.56. The van der Waals surface area contributed by atoms with E-state index in [2.05, 4.69) is 177 Å². The maximum atomic E-state index is 6.56. The van der Waals surface area contributed by atoms with Crippen molar-refractivity contribution in [2.75, 3.05) is 4.90 Å². The van der Waals surface area contributed by atoms with Gasteiger partial charge < -0.3 is 9.32 Å². The molecule has 1 aromatic heterocycles. The smallest absolute Gasteiger partial charge is 0.139 e. The van der Waals surface area contributed by atoms with Gasteiger partial charge in [0.1, 0.15) is 11.3 Å². The van der Waals surface area contributed by atoms with E-state index in [4.69, 9.17) is 4.42 Å². The molecule has 7 aromatic carbocycles. The molecule has 0 aliphatic rings. The van der Waals surface area contributed by atoms with Gasteiger partial charge in [0.05, 0.1) is 0 Å². The summed E-state index contributed by atoms with van der Waals surface area (Å²) in [6.07, 6.45) is 0. The molecule has 8 rings (SSSR count). The molecule has 0 spiro atoms. The molecule has 0 bridgehead atoms. The van der Waals surface area contributed by atoms with Crippen molar-refractivity contribution in [3.8, 4) is 22.5 Å². The molecule has 0 fully saturated rings. The van der Waals surface area contributed by atoms with Gasteiger partial charge in [0, 0.05) is 33.6 Å². The SMILES string of the molecule is CC(C)(C)c1c(-c2cccc(N(c3ccccc3)c3ccc(-c4ccc5c(ccc6ccccc65)c4)cc3)c2)oc2ccccc12. The quantitative estimate of drug-likeness (QED) is 0.185. The Morgan fingerprint density at radius 1 is 0.435 bits per heavy atom. The molecule has 0 atom stereocenters. The van der Waals surface area contributed by atoms with Crippen molar-refractivity contribution in [3.05, 3.63) is 163 Å². The Kier molecular flexibility index (Phi) is 6.73. The molecule has 0 aliphatic heterocycles. The highest BCUT2D eigenvalue weighted by Gasteiger charge is 2.26. The van der Waals surface area contributed by atoms with Gasteiger partial charge in [0.2, 0.25) is 0 Å². The van der Waals surface area contributed by atoms with Gasteiger partial charge >= 0.3 is 0 Å². The van der Waals surface area contributed by atoms with E-state index in [1.807, 2.05) is 6.07 Å². The number of hydrogen-bond donors (Lipinski definition) is 0. The molecule has 0 amide bonds. The topological polar surface area (TPSA) is 16.4 Å². The summed E-state index contributed by atoms with van der Waals surface area (Å²) < 4.78 is 6.56. The lowest BCUT2D eigenvalue weighted by Crippen LogP contribution is -2.12. The summed E-state index contributed by atoms with van der Waals surface area (Å²) in [6, 6.07) is 56.4. The second-order valence-corrected chi connectivity index (χ2v) is 13.0. The maximum Gasteiger partial charge on any atom is 0.139 e. The molecule has 2 heteroatoms. The van der Waals surface area contributed by atoms with Crippen molar-refractivity contribution in [1.82, 2.24) is 0 Å². The van der Waals surface area contributed by atoms with E-state index in [1.165, 1.54) is 43.6 Å². The van der Waals surface area contributed by atoms with Crippen molar-refractivity contribution in [3.63, 3.8) is 0 Å². The molecule has 222 valence electrons. The standard InChI is InChI=1S/C44H35NO/c1-44(2,3)42-40-18-9-10-19-41(40)46-43(42)34-13-11-16-37(29-34)45(35-14-5-4-6-15-35)36-25-22-30(23-26-36)32-24-27-39-33(28-32)21-20-31-12-7-8-17-38(31)39/h4-29H,1-3H3. The van der Waals surface area contributed by atoms with E-state index >= 15 is 0 Å². The number of anilines is 3. The molecule has 0 aliphatic carbocycles. The van der Waals surface area contributed by atoms with Crippen LogP contribution in [0.15, 0.2) is 162 Å². The first-order valence-corrected chi connectivity index (χ1v) is 15.9. The minimum atomic E-state index is -0.0806. The van der Waals surface area contributed by atoms with Crippen LogP contribution in [0.3, 0.4) is 0 Å². The third-order valence-electron chi connectivity index (χ3n) is 8.93. The van der Waals surface area contributed by atoms with Gasteiger partial charge in [-0.1, -0.05) is 130 Å². The van der Waals surface area contributed by atoms with E-state index in [-0.39, 0.29) is 5.41 Å². The first-order chi connectivity index (χ1) is 22.4. The highest BCUT2D eigenvalue weighted by atomic mass is 16.3. The Morgan fingerprint density at radius 2 is 1.07 bits per heavy atom. The van der Waals surface area contributed by atoms with Crippen LogP contribution in [0.2, 0.25) is 0 Å². The number of para-hydroxylation sites is 2. The number of furan rings is 1. The van der Waals surface area contributed by atoms with Crippen LogP contribution >= 0.6 is 0 Å². The van der Waals surface area contributed by atoms with Crippen LogP contribution in [0.4, 0.5) is 17.1 Å². The molecule has 8 aromatic rings. The Labute approximate surface area is 270 Å². The minimum Gasteiger partial charge on any atom is -0.456 e. The summed E-state index contributed by atoms with van der Waals surface area (Å²) >= 11 is 0. The number of hydrogen-bond acceptors (Lipinski definition) is 2. The average molecular weight is 594 g/mol. The third-order valence-corrected chi connectivity index (χ3v) is 8.93. The number of nitrogens with zero attached hydrogens (tertiary/aromatic N) is 1. The molecule has 0 saturated carbocycles. The van der Waals surface area contributed by atoms with E-state index in [0.717, 1.165) is 34.0 Å². The summed E-state index contributed by atoms with van der Waals surface area (Å²) in [4.78, 5) is 2.32. The Bertz CT molecular complexity index is 2340. The Hall–Kier alpha value is -5.60. The van der Waals surface area contributed by atoms with Gasteiger partial charge in [-0.05, 0) is 86.6 Å². The molecule has 0 radical (unpaired) electrons. The van der Waals surface area contributed by atoms with Crippen molar-refractivity contribution in [2.45, 2.75) is 26.2 Å². The second kappa shape index (κ2) is 11.1. The van der Waals surface area contributed by atoms with Gasteiger partial charge in [-0.2, -0.15) is 0 Å². The number of rotatable bonds is 5. The van der Waals surface area contributed by atoms with Gasteiger partial charge in [-0.25, -0.2) is 0 Å². The Balaban J connectivity index is 1.20. The largest absolute Gasteiger partial charge is 0.456 e. The summed E-state index contributed by atoms with van der Waals surface area (Å²) in [7, 11) is 0. The van der Waals surface area contributed by atoms with Crippen LogP contribution in [0, 0.1) is 0 Å². The summed E-state index contributed by atoms with van der Waals surface area (Å²) in [5.74, 6) is 0.933. The van der Waals surface area contributed by atoms with Crippen LogP contribution in [-0.2, 0) is 5.41 Å². The van der Waals surface area contributed by atoms with Crippen LogP contribution in [0.1, 0.15) is 26.3 Å². The monoisotopic (exact) mass is 593 g/mol. The van der Waals surface area contributed by atoms with E-state index in [9.17, 15) is 0 Å². The highest BCUT2D eigenvalue weighted by molar-refractivity contribution is 6.08. The van der Waals surface area contributed by atoms with Gasteiger partial charge in [-0.15, -0.1) is 0 Å². The molecular formula is C44H35NO. The summed E-state index contributed by atoms with van der Waals surface area (Å²) in [6.45, 7) is 6.77. The van der Waals surface area contributed by atoms with Crippen LogP contribution < -0.4 is 4.90 Å². The van der Waals surface area contributed by atoms with Crippen LogP contribution in [0.25, 0.3) is 55.0 Å². The number of fused-ring (bicyclic) bond motifs is 4. The normalized spacial score (nSPS) is 11.8. The first kappa shape index (κ1) is 27.9. The lowest BCUT2D eigenvalue weighted by molar-refractivity contribution is 0.568. The van der Waals surface area contributed by atoms with Crippen LogP contribution in [-0.4, -0.2) is 0 Å². The predicted molar refractivity (Wildman–Crippen MR) is 195 cm³/mol. The molecule has 0 saturated heterocycles. The lowest BCUT2D eigenvalue weighted by Gasteiger charge is -2.26. The fourth-order valence-corrected chi connectivity index (χ4v) is 6.80. The van der Waals surface area contributed by atoms with Gasteiger partial charge in [0.25, 0.3) is 0 Å². The first-order valence-electron chi connectivity index (χ1n) is 15.9. The molecule has 2 nitrogen and oxygen atoms in total. The fourth-order valence-electron chi connectivity index (χ4n) is 6.80. The zero-order valence-corrected chi connectivity index (χ0v) is 26.4. The molecule has 0 N–H and O–H groups in total. The average Bonchev–Trinajstić information content (AvgIpc) is 3.50. The summed E-state index contributed by atoms with van der Waals surface area (Å²) in [5, 5.41) is 6.27. The lowest BCUT2D eigenvalue weighted by atomic mass is 9.83. The molecule has 1 heterocycles. The fraction of sp³-hybridized carbons (Fsp3) is 0.0909. The molecular weight excluding hydrogens is 558 g/mol. The second-order valence-electron chi connectivity index (χ2n) is 13.0. The Morgan fingerprint density at radius 3 is 1.87 bits per heavy atom. The van der Waals surface area contributed by atoms with Crippen molar-refractivity contribution >= 4 is 49.6 Å².